The van der Waals surface area contributed by atoms with Crippen molar-refractivity contribution >= 4 is 0 Å². The summed E-state index contributed by atoms with van der Waals surface area (Å²) in [6, 6.07) is 0. The molecule has 77 valence electrons. The first kappa shape index (κ1) is 11.0. The Hall–Kier alpha value is -0.0800. The lowest BCUT2D eigenvalue weighted by Gasteiger charge is -2.33. The molecule has 0 aliphatic carbocycles. The Bertz CT molecular complexity index is 115. The van der Waals surface area contributed by atoms with Gasteiger partial charge in [0.15, 0.2) is 0 Å². The fraction of sp³-hybridized carbons (Fsp3) is 0.909. The molecule has 0 unspecified atom stereocenters. The minimum atomic E-state index is 1.09. The van der Waals surface area contributed by atoms with Gasteiger partial charge in [0, 0.05) is 26.2 Å². The van der Waals surface area contributed by atoms with Crippen molar-refractivity contribution in [1.82, 2.24) is 9.80 Å². The number of rotatable bonds is 5. The zero-order chi connectivity index (χ0) is 9.52. The Balaban J connectivity index is 2.03. The summed E-state index contributed by atoms with van der Waals surface area (Å²) in [6.07, 6.45) is 3.71. The highest BCUT2D eigenvalue weighted by Gasteiger charge is 2.13. The average molecular weight is 183 g/mol. The van der Waals surface area contributed by atoms with Crippen LogP contribution in [0.15, 0.2) is 0 Å². The van der Waals surface area contributed by atoms with Gasteiger partial charge in [0.25, 0.3) is 0 Å². The SMILES string of the molecule is [CH2]CCCCN1CCN(CC)CC1. The molecule has 0 aromatic carbocycles. The number of hydrogen-bond acceptors (Lipinski definition) is 2. The molecule has 0 bridgehead atoms. The van der Waals surface area contributed by atoms with E-state index in [4.69, 9.17) is 0 Å². The van der Waals surface area contributed by atoms with E-state index < -0.39 is 0 Å². The van der Waals surface area contributed by atoms with Gasteiger partial charge in [0.1, 0.15) is 0 Å². The Labute approximate surface area is 82.9 Å². The first-order chi connectivity index (χ1) is 6.36. The van der Waals surface area contributed by atoms with E-state index in [1.54, 1.807) is 0 Å². The molecule has 2 nitrogen and oxygen atoms in total. The lowest BCUT2D eigenvalue weighted by Crippen LogP contribution is -2.46. The van der Waals surface area contributed by atoms with Crippen molar-refractivity contribution in [3.63, 3.8) is 0 Å². The van der Waals surface area contributed by atoms with E-state index >= 15 is 0 Å². The van der Waals surface area contributed by atoms with Crippen LogP contribution < -0.4 is 0 Å². The molecule has 0 aromatic heterocycles. The number of unbranched alkanes of at least 4 members (excludes halogenated alkanes) is 2. The third-order valence-electron chi connectivity index (χ3n) is 2.89. The summed E-state index contributed by atoms with van der Waals surface area (Å²) in [6.45, 7) is 13.7. The molecule has 0 spiro atoms. The van der Waals surface area contributed by atoms with Crippen molar-refractivity contribution in [1.29, 1.82) is 0 Å². The molecule has 1 fully saturated rings. The summed E-state index contributed by atoms with van der Waals surface area (Å²) < 4.78 is 0. The van der Waals surface area contributed by atoms with Crippen LogP contribution >= 0.6 is 0 Å². The number of likely N-dealkylation sites (N-methyl/N-ethyl adjacent to an activating group) is 1. The quantitative estimate of drug-likeness (QED) is 0.598. The van der Waals surface area contributed by atoms with Crippen LogP contribution in [0, 0.1) is 6.92 Å². The Morgan fingerprint density at radius 3 is 2.15 bits per heavy atom. The summed E-state index contributed by atoms with van der Waals surface area (Å²) in [5.74, 6) is 0. The lowest BCUT2D eigenvalue weighted by molar-refractivity contribution is 0.136. The second-order valence-electron chi connectivity index (χ2n) is 3.84. The van der Waals surface area contributed by atoms with Crippen LogP contribution in [0.1, 0.15) is 26.2 Å². The molecule has 0 amide bonds. The average Bonchev–Trinajstić information content (AvgIpc) is 2.19. The minimum Gasteiger partial charge on any atom is -0.301 e. The summed E-state index contributed by atoms with van der Waals surface area (Å²) >= 11 is 0. The van der Waals surface area contributed by atoms with Crippen molar-refractivity contribution in [3.05, 3.63) is 6.92 Å². The minimum absolute atomic E-state index is 1.09. The van der Waals surface area contributed by atoms with E-state index in [2.05, 4.69) is 23.6 Å². The van der Waals surface area contributed by atoms with E-state index in [0.717, 1.165) is 6.42 Å². The fourth-order valence-corrected chi connectivity index (χ4v) is 1.84. The summed E-state index contributed by atoms with van der Waals surface area (Å²) in [4.78, 5) is 5.11. The van der Waals surface area contributed by atoms with Crippen LogP contribution in [0.3, 0.4) is 0 Å². The second-order valence-corrected chi connectivity index (χ2v) is 3.84. The highest BCUT2D eigenvalue weighted by atomic mass is 15.3. The molecule has 1 saturated heterocycles. The third-order valence-corrected chi connectivity index (χ3v) is 2.89. The van der Waals surface area contributed by atoms with Gasteiger partial charge < -0.3 is 9.80 Å². The Morgan fingerprint density at radius 1 is 1.00 bits per heavy atom. The zero-order valence-corrected chi connectivity index (χ0v) is 8.97. The van der Waals surface area contributed by atoms with Gasteiger partial charge in [-0.1, -0.05) is 26.7 Å². The van der Waals surface area contributed by atoms with Crippen molar-refractivity contribution in [2.45, 2.75) is 26.2 Å². The number of hydrogen-bond donors (Lipinski definition) is 0. The van der Waals surface area contributed by atoms with Gasteiger partial charge in [-0.25, -0.2) is 0 Å². The van der Waals surface area contributed by atoms with E-state index in [-0.39, 0.29) is 0 Å². The molecule has 0 N–H and O–H groups in total. The highest BCUT2D eigenvalue weighted by Crippen LogP contribution is 2.03. The van der Waals surface area contributed by atoms with E-state index in [1.807, 2.05) is 0 Å². The van der Waals surface area contributed by atoms with Gasteiger partial charge in [0.05, 0.1) is 0 Å². The van der Waals surface area contributed by atoms with Crippen molar-refractivity contribution < 1.29 is 0 Å². The van der Waals surface area contributed by atoms with Gasteiger partial charge in [-0.05, 0) is 19.5 Å². The largest absolute Gasteiger partial charge is 0.301 e. The van der Waals surface area contributed by atoms with E-state index in [1.165, 1.54) is 52.1 Å². The molecule has 0 atom stereocenters. The second kappa shape index (κ2) is 6.39. The smallest absolute Gasteiger partial charge is 0.0110 e. The van der Waals surface area contributed by atoms with Gasteiger partial charge in [-0.15, -0.1) is 0 Å². The first-order valence-corrected chi connectivity index (χ1v) is 5.60. The van der Waals surface area contributed by atoms with Crippen molar-refractivity contribution in [2.24, 2.45) is 0 Å². The summed E-state index contributed by atoms with van der Waals surface area (Å²) in [7, 11) is 0. The van der Waals surface area contributed by atoms with Crippen LogP contribution in [0.2, 0.25) is 0 Å². The van der Waals surface area contributed by atoms with Crippen LogP contribution in [0.25, 0.3) is 0 Å². The molecule has 0 saturated carbocycles. The molecule has 0 aromatic rings. The molecular weight excluding hydrogens is 160 g/mol. The van der Waals surface area contributed by atoms with Gasteiger partial charge in [-0.2, -0.15) is 0 Å². The van der Waals surface area contributed by atoms with Gasteiger partial charge >= 0.3 is 0 Å². The standard InChI is InChI=1S/C11H23N2/c1-3-5-6-7-13-10-8-12(4-2)9-11-13/h1,3-11H2,2H3. The molecule has 1 radical (unpaired) electrons. The maximum Gasteiger partial charge on any atom is 0.0110 e. The maximum atomic E-state index is 3.87. The molecule has 2 heteroatoms. The predicted molar refractivity (Wildman–Crippen MR) is 57.8 cm³/mol. The monoisotopic (exact) mass is 183 g/mol. The molecule has 1 heterocycles. The Morgan fingerprint density at radius 2 is 1.62 bits per heavy atom. The van der Waals surface area contributed by atoms with Crippen LogP contribution in [0.4, 0.5) is 0 Å². The normalized spacial score (nSPS) is 20.8. The maximum absolute atomic E-state index is 3.87. The molecule has 1 rings (SSSR count). The Kier molecular flexibility index (Phi) is 5.40. The summed E-state index contributed by atoms with van der Waals surface area (Å²) in [5, 5.41) is 0. The van der Waals surface area contributed by atoms with Crippen LogP contribution in [-0.4, -0.2) is 49.1 Å². The highest BCUT2D eigenvalue weighted by molar-refractivity contribution is 4.70. The van der Waals surface area contributed by atoms with Crippen LogP contribution in [-0.2, 0) is 0 Å². The van der Waals surface area contributed by atoms with Gasteiger partial charge in [-0.3, -0.25) is 0 Å². The predicted octanol–water partition coefficient (Wildman–Crippen LogP) is 1.63. The molecule has 1 aliphatic rings. The third kappa shape index (κ3) is 4.10. The molecular formula is C11H23N2. The number of piperazine rings is 1. The molecule has 1 aliphatic heterocycles. The van der Waals surface area contributed by atoms with Crippen molar-refractivity contribution in [2.75, 3.05) is 39.3 Å². The topological polar surface area (TPSA) is 6.48 Å². The first-order valence-electron chi connectivity index (χ1n) is 5.60. The fourth-order valence-electron chi connectivity index (χ4n) is 1.84. The van der Waals surface area contributed by atoms with Crippen LogP contribution in [0.5, 0.6) is 0 Å². The van der Waals surface area contributed by atoms with E-state index in [0.29, 0.717) is 0 Å². The van der Waals surface area contributed by atoms with E-state index in [9.17, 15) is 0 Å². The zero-order valence-electron chi connectivity index (χ0n) is 8.97. The summed E-state index contributed by atoms with van der Waals surface area (Å²) in [5.41, 5.74) is 0. The van der Waals surface area contributed by atoms with Gasteiger partial charge in [0.2, 0.25) is 0 Å². The molecule has 13 heavy (non-hydrogen) atoms. The lowest BCUT2D eigenvalue weighted by atomic mass is 10.2. The van der Waals surface area contributed by atoms with Crippen molar-refractivity contribution in [3.8, 4) is 0 Å². The number of nitrogens with zero attached hydrogens (tertiary/aromatic N) is 2.